The van der Waals surface area contributed by atoms with E-state index in [1.807, 2.05) is 5.01 Å². The fourth-order valence-electron chi connectivity index (χ4n) is 0.662. The maximum atomic E-state index is 5.52. The van der Waals surface area contributed by atoms with Crippen LogP contribution in [0.25, 0.3) is 3.57 Å². The van der Waals surface area contributed by atoms with Crippen LogP contribution in [-0.2, 0) is 20.8 Å². The molecular weight excluding hydrogens is 318 g/mol. The van der Waals surface area contributed by atoms with Gasteiger partial charge in [-0.05, 0) is 0 Å². The van der Waals surface area contributed by atoms with Gasteiger partial charge in [0.25, 0.3) is 0 Å². The number of morpholine rings is 1. The number of rotatable bonds is 0. The van der Waals surface area contributed by atoms with Crippen LogP contribution in [0.4, 0.5) is 0 Å². The summed E-state index contributed by atoms with van der Waals surface area (Å²) in [5.74, 6) is 0. The molecule has 0 radical (unpaired) electrons. The Bertz CT molecular complexity index is 137. The van der Waals surface area contributed by atoms with Gasteiger partial charge in [0.1, 0.15) is 0 Å². The average molecular weight is 326 g/mol. The van der Waals surface area contributed by atoms with Crippen LogP contribution in [0, 0.1) is 0 Å². The van der Waals surface area contributed by atoms with Crippen LogP contribution >= 0.6 is 9.64 Å². The first kappa shape index (κ1) is 7.66. The molecule has 0 amide bonds. The van der Waals surface area contributed by atoms with Crippen LogP contribution in [0.2, 0.25) is 0 Å². The van der Waals surface area contributed by atoms with E-state index in [-0.39, 0.29) is 0 Å². The minimum atomic E-state index is -0.663. The van der Waals surface area contributed by atoms with Crippen molar-refractivity contribution >= 4 is 9.64 Å². The standard InChI is InChI=1S/C4H8N2O.ClH.Os/c5-6-1-3-7-4-2-6;;/h1-4H2;1H;/q+1;;+1/p-1. The van der Waals surface area contributed by atoms with Gasteiger partial charge in [-0.25, -0.2) is 0 Å². The summed E-state index contributed by atoms with van der Waals surface area (Å²) in [6, 6.07) is 0. The monoisotopic (exact) mass is 327 g/mol. The van der Waals surface area contributed by atoms with Crippen LogP contribution < -0.4 is 0 Å². The van der Waals surface area contributed by atoms with Gasteiger partial charge in [0.15, 0.2) is 0 Å². The van der Waals surface area contributed by atoms with Crippen molar-refractivity contribution in [1.82, 2.24) is 5.01 Å². The fourth-order valence-corrected chi connectivity index (χ4v) is 2.06. The summed E-state index contributed by atoms with van der Waals surface area (Å²) in [6.45, 7) is 3.43. The summed E-state index contributed by atoms with van der Waals surface area (Å²) >= 11 is -0.663. The van der Waals surface area contributed by atoms with Gasteiger partial charge >= 0.3 is 65.3 Å². The van der Waals surface area contributed by atoms with Gasteiger partial charge in [0.05, 0.1) is 0 Å². The Balaban J connectivity index is 2.28. The second-order valence-electron chi connectivity index (χ2n) is 1.70. The second kappa shape index (κ2) is 4.38. The van der Waals surface area contributed by atoms with E-state index in [1.165, 1.54) is 0 Å². The van der Waals surface area contributed by atoms with E-state index in [4.69, 9.17) is 14.4 Å². The first-order valence-corrected chi connectivity index (χ1v) is 6.99. The maximum absolute atomic E-state index is 5.52. The number of nitrogens with zero attached hydrogens (tertiary/aromatic N) is 2. The molecule has 3 nitrogen and oxygen atoms in total. The molecule has 0 aromatic heterocycles. The molecule has 0 atom stereocenters. The molecule has 5 heteroatoms. The summed E-state index contributed by atoms with van der Waals surface area (Å²) in [4.78, 5) is 0. The number of hydrogen-bond acceptors (Lipinski definition) is 2. The van der Waals surface area contributed by atoms with Gasteiger partial charge in [0, 0.05) is 0 Å². The number of hydrogen-bond donors (Lipinski definition) is 0. The normalized spacial score (nSPS) is 21.4. The van der Waals surface area contributed by atoms with Gasteiger partial charge in [-0.1, -0.05) is 0 Å². The molecule has 0 aliphatic carbocycles. The molecule has 0 aromatic carbocycles. The molecule has 54 valence electrons. The molecular formula is C4H8ClN2OOs+. The van der Waals surface area contributed by atoms with Gasteiger partial charge in [-0.2, -0.15) is 0 Å². The zero-order valence-corrected chi connectivity index (χ0v) is 8.16. The summed E-state index contributed by atoms with van der Waals surface area (Å²) in [6.07, 6.45) is 0. The predicted molar refractivity (Wildman–Crippen MR) is 31.6 cm³/mol. The van der Waals surface area contributed by atoms with Crippen LogP contribution in [0.5, 0.6) is 0 Å². The molecule has 0 aromatic rings. The molecule has 1 aliphatic heterocycles. The Morgan fingerprint density at radius 1 is 1.44 bits per heavy atom. The van der Waals surface area contributed by atoms with Crippen LogP contribution in [0.1, 0.15) is 0 Å². The molecule has 1 heterocycles. The van der Waals surface area contributed by atoms with Gasteiger partial charge in [0.2, 0.25) is 0 Å². The Hall–Kier alpha value is 0.556. The van der Waals surface area contributed by atoms with Crippen molar-refractivity contribution < 1.29 is 20.8 Å². The van der Waals surface area contributed by atoms with Crippen molar-refractivity contribution in [3.8, 4) is 0 Å². The quantitative estimate of drug-likeness (QED) is 0.654. The molecule has 1 fully saturated rings. The Labute approximate surface area is 65.6 Å². The van der Waals surface area contributed by atoms with E-state index in [0.29, 0.717) is 0 Å². The van der Waals surface area contributed by atoms with Crippen molar-refractivity contribution in [2.24, 2.45) is 0 Å². The summed E-state index contributed by atoms with van der Waals surface area (Å²) in [5.41, 5.74) is 0. The zero-order chi connectivity index (χ0) is 6.53. The first-order valence-electron chi connectivity index (χ1n) is 2.70. The van der Waals surface area contributed by atoms with Crippen LogP contribution in [0.3, 0.4) is 0 Å². The zero-order valence-electron chi connectivity index (χ0n) is 4.86. The van der Waals surface area contributed by atoms with E-state index < -0.39 is 16.0 Å². The van der Waals surface area contributed by atoms with Crippen molar-refractivity contribution in [2.45, 2.75) is 0 Å². The van der Waals surface area contributed by atoms with Gasteiger partial charge in [-0.15, -0.1) is 0 Å². The van der Waals surface area contributed by atoms with E-state index in [9.17, 15) is 0 Å². The van der Waals surface area contributed by atoms with Gasteiger partial charge in [-0.3, -0.25) is 0 Å². The Morgan fingerprint density at radius 3 is 2.67 bits per heavy atom. The number of halogens is 1. The Morgan fingerprint density at radius 2 is 2.11 bits per heavy atom. The summed E-state index contributed by atoms with van der Waals surface area (Å²) in [7, 11) is 5.52. The molecule has 1 aliphatic rings. The average Bonchev–Trinajstić information content (AvgIpc) is 1.91. The number of ether oxygens (including phenoxy) is 1. The summed E-state index contributed by atoms with van der Waals surface area (Å²) in [5, 5.41) is 2.00. The third-order valence-corrected chi connectivity index (χ3v) is 2.46. The van der Waals surface area contributed by atoms with Crippen molar-refractivity contribution in [2.75, 3.05) is 26.3 Å². The molecule has 1 rings (SSSR count). The molecule has 9 heavy (non-hydrogen) atoms. The first-order chi connectivity index (χ1) is 4.43. The van der Waals surface area contributed by atoms with Crippen LogP contribution in [0.15, 0.2) is 0 Å². The SMILES string of the molecule is [Cl][Os]#[N+]N1CCOCC1. The predicted octanol–water partition coefficient (Wildman–Crippen LogP) is 0.759. The van der Waals surface area contributed by atoms with Crippen molar-refractivity contribution in [1.29, 1.82) is 0 Å². The Kier molecular flexibility index (Phi) is 3.73. The molecule has 0 spiro atoms. The van der Waals surface area contributed by atoms with Gasteiger partial charge < -0.3 is 0 Å². The molecule has 0 unspecified atom stereocenters. The van der Waals surface area contributed by atoms with E-state index in [2.05, 4.69) is 3.57 Å². The van der Waals surface area contributed by atoms with Crippen LogP contribution in [-0.4, -0.2) is 31.3 Å². The topological polar surface area (TPSA) is 16.8 Å². The van der Waals surface area contributed by atoms with E-state index >= 15 is 0 Å². The molecule has 0 N–H and O–H groups in total. The molecule has 1 saturated heterocycles. The van der Waals surface area contributed by atoms with E-state index in [1.54, 1.807) is 0 Å². The molecule has 0 saturated carbocycles. The fraction of sp³-hybridized carbons (Fsp3) is 1.00. The van der Waals surface area contributed by atoms with Crippen molar-refractivity contribution in [3.05, 3.63) is 3.57 Å². The van der Waals surface area contributed by atoms with Crippen molar-refractivity contribution in [3.63, 3.8) is 0 Å². The second-order valence-corrected chi connectivity index (χ2v) is 3.61. The van der Waals surface area contributed by atoms with E-state index in [0.717, 1.165) is 26.3 Å². The summed E-state index contributed by atoms with van der Waals surface area (Å²) < 4.78 is 9.26. The third-order valence-electron chi connectivity index (χ3n) is 1.11. The molecule has 0 bridgehead atoms. The minimum absolute atomic E-state index is 0.663. The third kappa shape index (κ3) is 2.75.